The minimum atomic E-state index is 0.00185. The molecule has 1 N–H and O–H groups in total. The summed E-state index contributed by atoms with van der Waals surface area (Å²) in [6.07, 6.45) is 0.984. The van der Waals surface area contributed by atoms with E-state index in [1.54, 1.807) is 32.2 Å². The maximum atomic E-state index is 12.3. The molecule has 1 aliphatic heterocycles. The second-order valence-electron chi connectivity index (χ2n) is 4.81. The molecular formula is C14H19NO3. The number of carbonyl (C=O) groups is 1. The lowest BCUT2D eigenvalue weighted by molar-refractivity contribution is 0.0774. The van der Waals surface area contributed by atoms with Gasteiger partial charge in [-0.2, -0.15) is 0 Å². The van der Waals surface area contributed by atoms with Crippen molar-refractivity contribution in [1.29, 1.82) is 0 Å². The Morgan fingerprint density at radius 3 is 3.06 bits per heavy atom. The maximum Gasteiger partial charge on any atom is 0.254 e. The molecule has 1 fully saturated rings. The van der Waals surface area contributed by atoms with E-state index in [9.17, 15) is 9.90 Å². The van der Waals surface area contributed by atoms with Crippen molar-refractivity contribution in [2.75, 3.05) is 26.8 Å². The number of hydrogen-bond donors (Lipinski definition) is 1. The Balaban J connectivity index is 2.11. The highest BCUT2D eigenvalue weighted by molar-refractivity contribution is 5.96. The molecule has 2 rings (SSSR count). The Hall–Kier alpha value is -1.55. The van der Waals surface area contributed by atoms with Crippen molar-refractivity contribution in [1.82, 2.24) is 4.90 Å². The van der Waals surface area contributed by atoms with Crippen molar-refractivity contribution in [2.24, 2.45) is 5.92 Å². The number of hydrogen-bond acceptors (Lipinski definition) is 3. The molecule has 0 aromatic heterocycles. The lowest BCUT2D eigenvalue weighted by Gasteiger charge is -2.18. The molecule has 4 heteroatoms. The summed E-state index contributed by atoms with van der Waals surface area (Å²) < 4.78 is 5.12. The number of phenolic OH excluding ortho intramolecular Hbond substituents is 1. The Kier molecular flexibility index (Phi) is 3.87. The zero-order valence-electron chi connectivity index (χ0n) is 10.8. The molecule has 98 valence electrons. The number of rotatable bonds is 3. The summed E-state index contributed by atoms with van der Waals surface area (Å²) in [6.45, 7) is 3.97. The van der Waals surface area contributed by atoms with Gasteiger partial charge in [-0.3, -0.25) is 4.79 Å². The minimum Gasteiger partial charge on any atom is -0.508 e. The van der Waals surface area contributed by atoms with Gasteiger partial charge in [0.15, 0.2) is 0 Å². The molecule has 1 aromatic rings. The van der Waals surface area contributed by atoms with Gasteiger partial charge >= 0.3 is 0 Å². The first-order chi connectivity index (χ1) is 8.63. The first-order valence-corrected chi connectivity index (χ1v) is 6.20. The monoisotopic (exact) mass is 249 g/mol. The minimum absolute atomic E-state index is 0.00185. The lowest BCUT2D eigenvalue weighted by atomic mass is 10.1. The van der Waals surface area contributed by atoms with E-state index in [1.165, 1.54) is 0 Å². The summed E-state index contributed by atoms with van der Waals surface area (Å²) in [5.41, 5.74) is 1.24. The maximum absolute atomic E-state index is 12.3. The van der Waals surface area contributed by atoms with Crippen LogP contribution in [0.2, 0.25) is 0 Å². The predicted molar refractivity (Wildman–Crippen MR) is 68.7 cm³/mol. The third kappa shape index (κ3) is 2.48. The standard InChI is InChI=1S/C14H19NO3/c1-10-12(4-3-5-13(10)16)14(17)15-7-6-11(8-15)9-18-2/h3-5,11,16H,6-9H2,1-2H3. The normalized spacial score (nSPS) is 19.2. The number of methoxy groups -OCH3 is 1. The summed E-state index contributed by atoms with van der Waals surface area (Å²) in [5, 5.41) is 9.64. The number of carbonyl (C=O) groups excluding carboxylic acids is 1. The van der Waals surface area contributed by atoms with Gasteiger partial charge in [-0.1, -0.05) is 6.07 Å². The quantitative estimate of drug-likeness (QED) is 0.888. The van der Waals surface area contributed by atoms with Gasteiger partial charge in [0.25, 0.3) is 5.91 Å². The third-order valence-electron chi connectivity index (χ3n) is 3.51. The molecule has 1 amide bonds. The summed E-state index contributed by atoms with van der Waals surface area (Å²) in [6, 6.07) is 5.07. The number of aromatic hydroxyl groups is 1. The average molecular weight is 249 g/mol. The highest BCUT2D eigenvalue weighted by atomic mass is 16.5. The van der Waals surface area contributed by atoms with Crippen molar-refractivity contribution >= 4 is 5.91 Å². The van der Waals surface area contributed by atoms with Crippen molar-refractivity contribution < 1.29 is 14.6 Å². The summed E-state index contributed by atoms with van der Waals surface area (Å²) in [7, 11) is 1.68. The molecule has 4 nitrogen and oxygen atoms in total. The van der Waals surface area contributed by atoms with Crippen molar-refractivity contribution in [2.45, 2.75) is 13.3 Å². The summed E-state index contributed by atoms with van der Waals surface area (Å²) in [4.78, 5) is 14.2. The van der Waals surface area contributed by atoms with Crippen molar-refractivity contribution in [3.8, 4) is 5.75 Å². The lowest BCUT2D eigenvalue weighted by Crippen LogP contribution is -2.29. The predicted octanol–water partition coefficient (Wildman–Crippen LogP) is 1.81. The highest BCUT2D eigenvalue weighted by Gasteiger charge is 2.27. The number of phenols is 1. The Labute approximate surface area is 107 Å². The van der Waals surface area contributed by atoms with Crippen LogP contribution in [0.1, 0.15) is 22.3 Å². The average Bonchev–Trinajstić information content (AvgIpc) is 2.81. The topological polar surface area (TPSA) is 49.8 Å². The van der Waals surface area contributed by atoms with Gasteiger partial charge in [0.05, 0.1) is 6.61 Å². The SMILES string of the molecule is COCC1CCN(C(=O)c2cccc(O)c2C)C1. The van der Waals surface area contributed by atoms with Crippen molar-refractivity contribution in [3.05, 3.63) is 29.3 Å². The van der Waals surface area contributed by atoms with E-state index in [2.05, 4.69) is 0 Å². The summed E-state index contributed by atoms with van der Waals surface area (Å²) in [5.74, 6) is 0.604. The van der Waals surface area contributed by atoms with Crippen LogP contribution in [0.15, 0.2) is 18.2 Å². The van der Waals surface area contributed by atoms with E-state index in [0.717, 1.165) is 19.5 Å². The molecule has 1 unspecified atom stereocenters. The molecule has 1 aromatic carbocycles. The van der Waals surface area contributed by atoms with Gasteiger partial charge in [0.1, 0.15) is 5.75 Å². The van der Waals surface area contributed by atoms with Gasteiger partial charge in [-0.05, 0) is 25.5 Å². The molecule has 0 aliphatic carbocycles. The van der Waals surface area contributed by atoms with Crippen LogP contribution in [0.25, 0.3) is 0 Å². The first-order valence-electron chi connectivity index (χ1n) is 6.20. The second-order valence-corrected chi connectivity index (χ2v) is 4.81. The smallest absolute Gasteiger partial charge is 0.254 e. The fraction of sp³-hybridized carbons (Fsp3) is 0.500. The van der Waals surface area contributed by atoms with E-state index in [0.29, 0.717) is 23.7 Å². The van der Waals surface area contributed by atoms with Crippen LogP contribution >= 0.6 is 0 Å². The van der Waals surface area contributed by atoms with Crippen LogP contribution < -0.4 is 0 Å². The van der Waals surface area contributed by atoms with Gasteiger partial charge < -0.3 is 14.7 Å². The fourth-order valence-corrected chi connectivity index (χ4v) is 2.41. The zero-order chi connectivity index (χ0) is 13.1. The molecule has 0 radical (unpaired) electrons. The number of ether oxygens (including phenoxy) is 1. The van der Waals surface area contributed by atoms with Gasteiger partial charge in [0.2, 0.25) is 0 Å². The summed E-state index contributed by atoms with van der Waals surface area (Å²) >= 11 is 0. The van der Waals surface area contributed by atoms with Crippen LogP contribution in [0.4, 0.5) is 0 Å². The number of likely N-dealkylation sites (tertiary alicyclic amines) is 1. The third-order valence-corrected chi connectivity index (χ3v) is 3.51. The molecule has 18 heavy (non-hydrogen) atoms. The number of benzene rings is 1. The Morgan fingerprint density at radius 2 is 2.33 bits per heavy atom. The Morgan fingerprint density at radius 1 is 1.56 bits per heavy atom. The van der Waals surface area contributed by atoms with Crippen LogP contribution in [-0.4, -0.2) is 42.7 Å². The zero-order valence-corrected chi connectivity index (χ0v) is 10.8. The van der Waals surface area contributed by atoms with E-state index in [-0.39, 0.29) is 11.7 Å². The second kappa shape index (κ2) is 5.40. The van der Waals surface area contributed by atoms with E-state index in [4.69, 9.17) is 4.74 Å². The molecule has 1 aliphatic rings. The number of amides is 1. The first kappa shape index (κ1) is 12.9. The molecule has 0 spiro atoms. The molecule has 1 heterocycles. The number of nitrogens with zero attached hydrogens (tertiary/aromatic N) is 1. The highest BCUT2D eigenvalue weighted by Crippen LogP contribution is 2.24. The van der Waals surface area contributed by atoms with Crippen LogP contribution in [0.3, 0.4) is 0 Å². The molecule has 1 saturated heterocycles. The molecule has 0 bridgehead atoms. The molecular weight excluding hydrogens is 230 g/mol. The largest absolute Gasteiger partial charge is 0.508 e. The Bertz CT molecular complexity index is 445. The fourth-order valence-electron chi connectivity index (χ4n) is 2.41. The van der Waals surface area contributed by atoms with Crippen molar-refractivity contribution in [3.63, 3.8) is 0 Å². The van der Waals surface area contributed by atoms with E-state index in [1.807, 2.05) is 4.90 Å². The van der Waals surface area contributed by atoms with Gasteiger partial charge in [-0.15, -0.1) is 0 Å². The van der Waals surface area contributed by atoms with Crippen LogP contribution in [-0.2, 0) is 4.74 Å². The van der Waals surface area contributed by atoms with Gasteiger partial charge in [-0.25, -0.2) is 0 Å². The van der Waals surface area contributed by atoms with Crippen LogP contribution in [0, 0.1) is 12.8 Å². The van der Waals surface area contributed by atoms with Gasteiger partial charge in [0, 0.05) is 37.2 Å². The van der Waals surface area contributed by atoms with E-state index < -0.39 is 0 Å². The molecule has 1 atom stereocenters. The van der Waals surface area contributed by atoms with Crippen LogP contribution in [0.5, 0.6) is 5.75 Å². The molecule has 0 saturated carbocycles. The van der Waals surface area contributed by atoms with E-state index >= 15 is 0 Å².